The predicted octanol–water partition coefficient (Wildman–Crippen LogP) is 13.1. The average molecular weight is 614 g/mol. The zero-order valence-corrected chi connectivity index (χ0v) is 27.2. The van der Waals surface area contributed by atoms with Crippen LogP contribution < -0.4 is 4.90 Å². The summed E-state index contributed by atoms with van der Waals surface area (Å²) in [5, 5.41) is 5.00. The predicted molar refractivity (Wildman–Crippen MR) is 205 cm³/mol. The van der Waals surface area contributed by atoms with Crippen molar-refractivity contribution in [3.05, 3.63) is 187 Å². The van der Waals surface area contributed by atoms with Crippen molar-refractivity contribution in [2.75, 3.05) is 4.90 Å². The monoisotopic (exact) mass is 613 g/mol. The van der Waals surface area contributed by atoms with E-state index in [4.69, 9.17) is 0 Å². The van der Waals surface area contributed by atoms with E-state index in [-0.39, 0.29) is 5.41 Å². The van der Waals surface area contributed by atoms with E-state index >= 15 is 0 Å². The van der Waals surface area contributed by atoms with Crippen molar-refractivity contribution in [2.45, 2.75) is 19.3 Å². The summed E-state index contributed by atoms with van der Waals surface area (Å²) >= 11 is 0. The topological polar surface area (TPSA) is 3.24 Å². The zero-order chi connectivity index (χ0) is 32.2. The molecule has 1 aliphatic carbocycles. The molecule has 1 nitrogen and oxygen atoms in total. The van der Waals surface area contributed by atoms with Gasteiger partial charge in [-0.05, 0) is 91.0 Å². The Bertz CT molecular complexity index is 2470. The maximum atomic E-state index is 2.46. The van der Waals surface area contributed by atoms with Crippen LogP contribution in [0.3, 0.4) is 0 Å². The van der Waals surface area contributed by atoms with Gasteiger partial charge in [0.15, 0.2) is 0 Å². The molecule has 9 rings (SSSR count). The van der Waals surface area contributed by atoms with Crippen molar-refractivity contribution in [1.82, 2.24) is 0 Å². The van der Waals surface area contributed by atoms with Gasteiger partial charge in [0.1, 0.15) is 0 Å². The summed E-state index contributed by atoms with van der Waals surface area (Å²) in [6.45, 7) is 4.71. The fourth-order valence-corrected chi connectivity index (χ4v) is 7.87. The first-order chi connectivity index (χ1) is 23.6. The molecule has 0 bridgehead atoms. The van der Waals surface area contributed by atoms with Crippen molar-refractivity contribution in [1.29, 1.82) is 0 Å². The molecule has 0 unspecified atom stereocenters. The summed E-state index contributed by atoms with van der Waals surface area (Å²) in [4.78, 5) is 2.46. The van der Waals surface area contributed by atoms with E-state index in [0.29, 0.717) is 0 Å². The Kier molecular flexibility index (Phi) is 6.55. The summed E-state index contributed by atoms with van der Waals surface area (Å²) in [5.41, 5.74) is 13.7. The number of hydrogen-bond acceptors (Lipinski definition) is 1. The summed E-state index contributed by atoms with van der Waals surface area (Å²) in [6.07, 6.45) is 0. The smallest absolute Gasteiger partial charge is 0.0546 e. The molecule has 1 heteroatoms. The molecular weight excluding hydrogens is 579 g/mol. The van der Waals surface area contributed by atoms with Crippen LogP contribution in [0, 0.1) is 0 Å². The number of fused-ring (bicyclic) bond motifs is 6. The fourth-order valence-electron chi connectivity index (χ4n) is 7.87. The van der Waals surface area contributed by atoms with Crippen molar-refractivity contribution in [3.8, 4) is 33.4 Å². The van der Waals surface area contributed by atoms with Crippen LogP contribution in [-0.4, -0.2) is 0 Å². The van der Waals surface area contributed by atoms with Gasteiger partial charge >= 0.3 is 0 Å². The molecule has 0 radical (unpaired) electrons. The third-order valence-corrected chi connectivity index (χ3v) is 10.3. The van der Waals surface area contributed by atoms with Gasteiger partial charge in [-0.1, -0.05) is 159 Å². The average Bonchev–Trinajstić information content (AvgIpc) is 3.38. The molecule has 8 aromatic carbocycles. The Morgan fingerprint density at radius 2 is 0.917 bits per heavy atom. The highest BCUT2D eigenvalue weighted by Crippen LogP contribution is 2.51. The summed E-state index contributed by atoms with van der Waals surface area (Å²) < 4.78 is 0. The van der Waals surface area contributed by atoms with Crippen molar-refractivity contribution < 1.29 is 0 Å². The summed E-state index contributed by atoms with van der Waals surface area (Å²) in [5.74, 6) is 0. The van der Waals surface area contributed by atoms with E-state index in [1.54, 1.807) is 0 Å². The van der Waals surface area contributed by atoms with Crippen LogP contribution in [-0.2, 0) is 5.41 Å². The van der Waals surface area contributed by atoms with Crippen LogP contribution in [0.5, 0.6) is 0 Å². The van der Waals surface area contributed by atoms with Gasteiger partial charge in [0.05, 0.1) is 5.69 Å². The SMILES string of the molecule is CC1(C)c2ccccc2-c2ccc(N(c3ccc(-c4ccccc4-c4ccccc4)cc3)c3cc4ccccc4c4ccccc34)cc21. The number of anilines is 3. The van der Waals surface area contributed by atoms with E-state index < -0.39 is 0 Å². The molecule has 48 heavy (non-hydrogen) atoms. The molecule has 0 atom stereocenters. The summed E-state index contributed by atoms with van der Waals surface area (Å²) in [6, 6.07) is 64.4. The number of nitrogens with zero attached hydrogens (tertiary/aromatic N) is 1. The standard InChI is InChI=1S/C47H35N/c1-47(2)44-23-13-12-21-41(44)42-29-28-36(31-45(42)47)48(46-30-34-16-6-7-19-39(34)40-20-10-11-22-43(40)46)35-26-24-33(25-27-35)38-18-9-8-17-37(38)32-14-4-3-5-15-32/h3-31H,1-2H3. The van der Waals surface area contributed by atoms with Gasteiger partial charge in [-0.2, -0.15) is 0 Å². The molecular formula is C47H35N. The van der Waals surface area contributed by atoms with Gasteiger partial charge in [-0.15, -0.1) is 0 Å². The van der Waals surface area contributed by atoms with E-state index in [2.05, 4.69) is 195 Å². The highest BCUT2D eigenvalue weighted by atomic mass is 15.1. The molecule has 228 valence electrons. The van der Waals surface area contributed by atoms with Gasteiger partial charge in [0.25, 0.3) is 0 Å². The maximum Gasteiger partial charge on any atom is 0.0546 e. The van der Waals surface area contributed by atoms with Crippen molar-refractivity contribution >= 4 is 38.6 Å². The van der Waals surface area contributed by atoms with E-state index in [0.717, 1.165) is 11.4 Å². The Hall–Kier alpha value is -5.92. The third-order valence-electron chi connectivity index (χ3n) is 10.3. The second-order valence-corrected chi connectivity index (χ2v) is 13.4. The van der Waals surface area contributed by atoms with E-state index in [9.17, 15) is 0 Å². The van der Waals surface area contributed by atoms with Gasteiger partial charge < -0.3 is 4.90 Å². The molecule has 0 fully saturated rings. The minimum atomic E-state index is -0.0932. The van der Waals surface area contributed by atoms with Crippen LogP contribution in [0.15, 0.2) is 176 Å². The molecule has 0 saturated carbocycles. The molecule has 0 spiro atoms. The Balaban J connectivity index is 1.25. The normalized spacial score (nSPS) is 13.0. The van der Waals surface area contributed by atoms with Crippen molar-refractivity contribution in [2.24, 2.45) is 0 Å². The quantitative estimate of drug-likeness (QED) is 0.175. The van der Waals surface area contributed by atoms with Gasteiger partial charge in [-0.25, -0.2) is 0 Å². The molecule has 0 aromatic heterocycles. The van der Waals surface area contributed by atoms with Crippen LogP contribution in [0.1, 0.15) is 25.0 Å². The second-order valence-electron chi connectivity index (χ2n) is 13.4. The number of benzene rings is 8. The first-order valence-electron chi connectivity index (χ1n) is 16.8. The molecule has 0 saturated heterocycles. The first-order valence-corrected chi connectivity index (χ1v) is 16.8. The van der Waals surface area contributed by atoms with Gasteiger partial charge in [-0.3, -0.25) is 0 Å². The van der Waals surface area contributed by atoms with Crippen LogP contribution in [0.2, 0.25) is 0 Å². The molecule has 0 aliphatic heterocycles. The minimum Gasteiger partial charge on any atom is -0.310 e. The Morgan fingerprint density at radius 1 is 0.375 bits per heavy atom. The van der Waals surface area contributed by atoms with Crippen LogP contribution in [0.25, 0.3) is 54.9 Å². The minimum absolute atomic E-state index is 0.0932. The van der Waals surface area contributed by atoms with E-state index in [1.807, 2.05) is 0 Å². The largest absolute Gasteiger partial charge is 0.310 e. The third kappa shape index (κ3) is 4.47. The molecule has 1 aliphatic rings. The highest BCUT2D eigenvalue weighted by molar-refractivity contribution is 6.14. The lowest BCUT2D eigenvalue weighted by atomic mass is 9.82. The van der Waals surface area contributed by atoms with Crippen LogP contribution >= 0.6 is 0 Å². The lowest BCUT2D eigenvalue weighted by molar-refractivity contribution is 0.660. The first kappa shape index (κ1) is 28.3. The van der Waals surface area contributed by atoms with Gasteiger partial charge in [0, 0.05) is 22.2 Å². The fraction of sp³-hybridized carbons (Fsp3) is 0.0638. The van der Waals surface area contributed by atoms with Gasteiger partial charge in [0.2, 0.25) is 0 Å². The highest BCUT2D eigenvalue weighted by Gasteiger charge is 2.35. The molecule has 8 aromatic rings. The Labute approximate surface area is 282 Å². The number of rotatable bonds is 5. The van der Waals surface area contributed by atoms with Crippen LogP contribution in [0.4, 0.5) is 17.1 Å². The lowest BCUT2D eigenvalue weighted by Crippen LogP contribution is -2.16. The second kappa shape index (κ2) is 11.1. The molecule has 0 N–H and O–H groups in total. The number of hydrogen-bond donors (Lipinski definition) is 0. The molecule has 0 amide bonds. The zero-order valence-electron chi connectivity index (χ0n) is 27.2. The lowest BCUT2D eigenvalue weighted by Gasteiger charge is -2.29. The molecule has 0 heterocycles. The summed E-state index contributed by atoms with van der Waals surface area (Å²) in [7, 11) is 0. The Morgan fingerprint density at radius 3 is 1.67 bits per heavy atom. The van der Waals surface area contributed by atoms with Crippen molar-refractivity contribution in [3.63, 3.8) is 0 Å². The maximum absolute atomic E-state index is 2.46. The van der Waals surface area contributed by atoms with E-state index in [1.165, 1.54) is 71.7 Å².